The van der Waals surface area contributed by atoms with Crippen LogP contribution in [0.3, 0.4) is 0 Å². The normalized spacial score (nSPS) is 14.0. The number of imidazole rings is 2. The van der Waals surface area contributed by atoms with E-state index in [1.807, 2.05) is 26.0 Å². The smallest absolute Gasteiger partial charge is 0.410 e. The highest BCUT2D eigenvalue weighted by molar-refractivity contribution is 6.05. The third-order valence-corrected chi connectivity index (χ3v) is 11.9. The Balaban J connectivity index is 1.09. The fourth-order valence-corrected chi connectivity index (χ4v) is 8.29. The molecule has 1 aliphatic carbocycles. The third kappa shape index (κ3) is 10.5. The van der Waals surface area contributed by atoms with Crippen molar-refractivity contribution in [3.8, 4) is 23.3 Å². The Morgan fingerprint density at radius 2 is 1.23 bits per heavy atom. The maximum Gasteiger partial charge on any atom is 0.410 e. The number of piperidine rings is 1. The molecule has 0 bridgehead atoms. The van der Waals surface area contributed by atoms with Crippen molar-refractivity contribution in [2.45, 2.75) is 92.1 Å². The van der Waals surface area contributed by atoms with Gasteiger partial charge in [0.25, 0.3) is 11.8 Å². The summed E-state index contributed by atoms with van der Waals surface area (Å²) in [6, 6.07) is 9.46. The fraction of sp³-hybridized carbons (Fsp3) is 0.396. The Morgan fingerprint density at radius 1 is 0.725 bits per heavy atom. The molecule has 1 saturated carbocycles. The molecule has 2 aliphatic rings. The van der Waals surface area contributed by atoms with Gasteiger partial charge in [0, 0.05) is 56.8 Å². The van der Waals surface area contributed by atoms with E-state index in [0.29, 0.717) is 89.1 Å². The second-order valence-corrected chi connectivity index (χ2v) is 16.9. The van der Waals surface area contributed by atoms with Gasteiger partial charge in [-0.1, -0.05) is 24.0 Å². The topological polar surface area (TPSA) is 264 Å². The predicted octanol–water partition coefficient (Wildman–Crippen LogP) is 5.19. The number of likely N-dealkylation sites (tertiary alicyclic amines) is 1. The molecule has 6 aromatic rings. The van der Waals surface area contributed by atoms with Crippen LogP contribution in [0.15, 0.2) is 48.6 Å². The summed E-state index contributed by atoms with van der Waals surface area (Å²) in [6.07, 6.45) is 7.61. The monoisotopic (exact) mass is 941 g/mol. The number of rotatable bonds is 17. The van der Waals surface area contributed by atoms with Crippen LogP contribution in [0.2, 0.25) is 0 Å². The Labute approximate surface area is 397 Å². The first-order valence-electron chi connectivity index (χ1n) is 22.9. The van der Waals surface area contributed by atoms with E-state index >= 15 is 0 Å². The molecule has 5 heterocycles. The van der Waals surface area contributed by atoms with Gasteiger partial charge in [-0.15, -0.1) is 0 Å². The summed E-state index contributed by atoms with van der Waals surface area (Å²) < 4.78 is 24.1. The van der Waals surface area contributed by atoms with E-state index in [2.05, 4.69) is 32.7 Å². The van der Waals surface area contributed by atoms with Crippen LogP contribution in [-0.4, -0.2) is 106 Å². The van der Waals surface area contributed by atoms with Gasteiger partial charge in [0.2, 0.25) is 23.7 Å². The first-order chi connectivity index (χ1) is 33.2. The molecule has 360 valence electrons. The number of carbonyl (C=O) groups is 5. The molecule has 6 N–H and O–H groups in total. The van der Waals surface area contributed by atoms with Crippen molar-refractivity contribution in [3.05, 3.63) is 82.5 Å². The van der Waals surface area contributed by atoms with Crippen molar-refractivity contribution in [2.75, 3.05) is 37.4 Å². The molecule has 21 heteroatoms. The summed E-state index contributed by atoms with van der Waals surface area (Å²) in [5, 5.41) is 14.7. The lowest BCUT2D eigenvalue weighted by molar-refractivity contribution is 0.0823. The minimum absolute atomic E-state index is 0.0261. The number of ether oxygens (including phenoxy) is 3. The van der Waals surface area contributed by atoms with Crippen molar-refractivity contribution < 1.29 is 38.2 Å². The SMILES string of the molecule is CCn1nc(C)cc1C(=O)Nc1nc2cc(C(N)=O)cc(OC)c2n1C/C=C/Cn1c(NC(=O)c2cc(C)nn2CC)nc2cc(C(N)=O)cc(OCC#CCC3CCN(C(=O)OC4CC4)CC3)c21. The summed E-state index contributed by atoms with van der Waals surface area (Å²) in [5.74, 6) is 5.23. The highest BCUT2D eigenvalue weighted by Gasteiger charge is 2.30. The number of carbonyl (C=O) groups excluding carboxylic acids is 5. The van der Waals surface area contributed by atoms with Gasteiger partial charge in [0.15, 0.2) is 0 Å². The molecule has 1 aliphatic heterocycles. The van der Waals surface area contributed by atoms with Crippen LogP contribution in [0, 0.1) is 31.6 Å². The number of hydrogen-bond acceptors (Lipinski definition) is 12. The number of methoxy groups -OCH3 is 1. The Morgan fingerprint density at radius 3 is 1.71 bits per heavy atom. The number of hydrogen-bond donors (Lipinski definition) is 4. The highest BCUT2D eigenvalue weighted by atomic mass is 16.6. The lowest BCUT2D eigenvalue weighted by Crippen LogP contribution is -2.39. The lowest BCUT2D eigenvalue weighted by atomic mass is 9.94. The van der Waals surface area contributed by atoms with Crippen LogP contribution in [0.25, 0.3) is 22.1 Å². The maximum atomic E-state index is 13.9. The minimum atomic E-state index is -0.703. The zero-order chi connectivity index (χ0) is 48.9. The molecule has 0 atom stereocenters. The average Bonchev–Trinajstić information content (AvgIpc) is 3.59. The quantitative estimate of drug-likeness (QED) is 0.0681. The van der Waals surface area contributed by atoms with E-state index in [4.69, 9.17) is 35.6 Å². The first kappa shape index (κ1) is 47.3. The molecule has 0 spiro atoms. The zero-order valence-corrected chi connectivity index (χ0v) is 39.2. The van der Waals surface area contributed by atoms with Crippen LogP contribution < -0.4 is 31.6 Å². The van der Waals surface area contributed by atoms with E-state index in [-0.39, 0.29) is 60.7 Å². The van der Waals surface area contributed by atoms with Crippen molar-refractivity contribution in [1.29, 1.82) is 0 Å². The number of nitrogens with zero attached hydrogens (tertiary/aromatic N) is 9. The Bertz CT molecular complexity index is 3060. The predicted molar refractivity (Wildman–Crippen MR) is 255 cm³/mol. The second kappa shape index (κ2) is 20.4. The van der Waals surface area contributed by atoms with Crippen molar-refractivity contribution in [3.63, 3.8) is 0 Å². The van der Waals surface area contributed by atoms with Crippen LogP contribution in [0.4, 0.5) is 16.7 Å². The fourth-order valence-electron chi connectivity index (χ4n) is 8.29. The Hall–Kier alpha value is -8.15. The second-order valence-electron chi connectivity index (χ2n) is 16.9. The molecule has 0 unspecified atom stereocenters. The van der Waals surface area contributed by atoms with Gasteiger partial charge in [-0.25, -0.2) is 14.8 Å². The van der Waals surface area contributed by atoms with E-state index in [0.717, 1.165) is 25.7 Å². The van der Waals surface area contributed by atoms with Crippen LogP contribution >= 0.6 is 0 Å². The van der Waals surface area contributed by atoms with Crippen LogP contribution in [0.5, 0.6) is 11.5 Å². The van der Waals surface area contributed by atoms with E-state index in [1.165, 1.54) is 31.4 Å². The number of amides is 5. The van der Waals surface area contributed by atoms with Gasteiger partial charge in [0.1, 0.15) is 46.6 Å². The number of benzene rings is 2. The van der Waals surface area contributed by atoms with Gasteiger partial charge in [-0.3, -0.25) is 39.2 Å². The summed E-state index contributed by atoms with van der Waals surface area (Å²) in [4.78, 5) is 76.2. The summed E-state index contributed by atoms with van der Waals surface area (Å²) in [7, 11) is 1.46. The number of allylic oxidation sites excluding steroid dienone is 2. The molecule has 5 amide bonds. The molecule has 4 aromatic heterocycles. The van der Waals surface area contributed by atoms with Gasteiger partial charge >= 0.3 is 6.09 Å². The molecule has 1 saturated heterocycles. The Kier molecular flexibility index (Phi) is 14.0. The molecule has 8 rings (SSSR count). The molecule has 21 nitrogen and oxygen atoms in total. The zero-order valence-electron chi connectivity index (χ0n) is 39.2. The van der Waals surface area contributed by atoms with Gasteiger partial charge in [-0.2, -0.15) is 10.2 Å². The number of primary amides is 2. The number of nitrogens with one attached hydrogen (secondary N) is 2. The number of nitrogens with two attached hydrogens (primary N) is 2. The van der Waals surface area contributed by atoms with Crippen molar-refractivity contribution >= 4 is 63.7 Å². The number of anilines is 2. The standard InChI is InChI=1S/C48H55N13O8/c1-6-60-36(22-28(3)55-60)44(64)53-46-51-34-24-31(42(49)62)26-38(67-5)40(34)58(46)17-9-10-18-59-41-35(52-47(59)54-45(65)37-23-29(4)56-61(37)7-2)25-32(43(50)63)27-39(41)68-21-11-8-12-30-15-19-57(20-16-30)48(66)69-33-13-14-33/h9-10,22-27,30,33H,6-7,12-21H2,1-5H3,(H2,49,62)(H2,50,63)(H,51,53,64)(H,52,54,65)/b10-9+. The highest BCUT2D eigenvalue weighted by Crippen LogP contribution is 2.33. The minimum Gasteiger partial charge on any atom is -0.494 e. The van der Waals surface area contributed by atoms with Crippen LogP contribution in [0.1, 0.15) is 99.0 Å². The molecular weight excluding hydrogens is 887 g/mol. The van der Waals surface area contributed by atoms with Crippen molar-refractivity contribution in [2.24, 2.45) is 17.4 Å². The molecule has 0 radical (unpaired) electrons. The number of aryl methyl sites for hydroxylation is 4. The average molecular weight is 942 g/mol. The molecule has 2 fully saturated rings. The first-order valence-corrected chi connectivity index (χ1v) is 22.9. The van der Waals surface area contributed by atoms with Crippen molar-refractivity contribution in [1.82, 2.24) is 43.6 Å². The summed E-state index contributed by atoms with van der Waals surface area (Å²) in [5.41, 5.74) is 15.4. The van der Waals surface area contributed by atoms with E-state index in [1.54, 1.807) is 49.4 Å². The maximum absolute atomic E-state index is 13.9. The molecular formula is C48H55N13O8. The van der Waals surface area contributed by atoms with E-state index in [9.17, 15) is 24.0 Å². The van der Waals surface area contributed by atoms with E-state index < -0.39 is 23.6 Å². The van der Waals surface area contributed by atoms with Gasteiger partial charge < -0.3 is 39.7 Å². The third-order valence-electron chi connectivity index (χ3n) is 11.9. The molecule has 2 aromatic carbocycles. The summed E-state index contributed by atoms with van der Waals surface area (Å²) >= 11 is 0. The molecule has 69 heavy (non-hydrogen) atoms. The van der Waals surface area contributed by atoms with Crippen LogP contribution in [-0.2, 0) is 30.9 Å². The lowest BCUT2D eigenvalue weighted by Gasteiger charge is -2.30. The van der Waals surface area contributed by atoms with Gasteiger partial charge in [0.05, 0.1) is 29.5 Å². The number of fused-ring (bicyclic) bond motifs is 2. The van der Waals surface area contributed by atoms with Gasteiger partial charge in [-0.05, 0) is 95.7 Å². The number of aromatic nitrogens is 8. The largest absolute Gasteiger partial charge is 0.494 e. The summed E-state index contributed by atoms with van der Waals surface area (Å²) in [6.45, 7) is 9.75.